The molecule has 0 radical (unpaired) electrons. The number of hydrogen-bond acceptors (Lipinski definition) is 4. The van der Waals surface area contributed by atoms with Crippen molar-refractivity contribution >= 4 is 27.3 Å². The lowest BCUT2D eigenvalue weighted by Gasteiger charge is -2.13. The first-order chi connectivity index (χ1) is 13.5. The number of carbonyl (C=O) groups is 1. The van der Waals surface area contributed by atoms with Crippen LogP contribution in [0.5, 0.6) is 5.75 Å². The lowest BCUT2D eigenvalue weighted by atomic mass is 10.1. The molecule has 0 heterocycles. The minimum atomic E-state index is -3.67. The molecule has 3 aromatic carbocycles. The molecule has 0 bridgehead atoms. The largest absolute Gasteiger partial charge is 0.497 e. The summed E-state index contributed by atoms with van der Waals surface area (Å²) in [5, 5.41) is 2.76. The van der Waals surface area contributed by atoms with E-state index in [9.17, 15) is 13.2 Å². The molecule has 0 atom stereocenters. The van der Waals surface area contributed by atoms with E-state index >= 15 is 0 Å². The molecule has 6 nitrogen and oxygen atoms in total. The minimum absolute atomic E-state index is 0.178. The molecule has 0 fully saturated rings. The average Bonchev–Trinajstić information content (AvgIpc) is 2.69. The van der Waals surface area contributed by atoms with E-state index in [-0.39, 0.29) is 17.0 Å². The molecule has 0 aliphatic rings. The second kappa shape index (κ2) is 8.58. The van der Waals surface area contributed by atoms with Gasteiger partial charge in [0, 0.05) is 5.69 Å². The molecule has 0 saturated heterocycles. The number of methoxy groups -OCH3 is 1. The fourth-order valence-corrected chi connectivity index (χ4v) is 3.86. The number of benzene rings is 3. The summed E-state index contributed by atoms with van der Waals surface area (Å²) in [6, 6.07) is 22.2. The van der Waals surface area contributed by atoms with Crippen molar-refractivity contribution in [3.63, 3.8) is 0 Å². The van der Waals surface area contributed by atoms with Crippen LogP contribution in [0.1, 0.15) is 15.9 Å². The number of sulfonamides is 1. The first-order valence-electron chi connectivity index (χ1n) is 8.56. The van der Waals surface area contributed by atoms with Gasteiger partial charge in [-0.25, -0.2) is 8.42 Å². The Hall–Kier alpha value is -3.32. The van der Waals surface area contributed by atoms with Crippen molar-refractivity contribution in [1.82, 2.24) is 0 Å². The Morgan fingerprint density at radius 3 is 2.21 bits per heavy atom. The lowest BCUT2D eigenvalue weighted by Crippen LogP contribution is -2.19. The maximum absolute atomic E-state index is 12.7. The summed E-state index contributed by atoms with van der Waals surface area (Å²) in [5.41, 5.74) is 1.70. The van der Waals surface area contributed by atoms with Gasteiger partial charge in [0.25, 0.3) is 5.91 Å². The van der Waals surface area contributed by atoms with Gasteiger partial charge in [-0.05, 0) is 42.0 Å². The molecule has 7 heteroatoms. The van der Waals surface area contributed by atoms with Crippen LogP contribution in [0.15, 0.2) is 78.9 Å². The Balaban J connectivity index is 1.77. The molecule has 0 aromatic heterocycles. The van der Waals surface area contributed by atoms with Gasteiger partial charge in [-0.3, -0.25) is 9.52 Å². The highest BCUT2D eigenvalue weighted by Gasteiger charge is 2.17. The summed E-state index contributed by atoms with van der Waals surface area (Å²) >= 11 is 0. The van der Waals surface area contributed by atoms with E-state index in [4.69, 9.17) is 4.74 Å². The van der Waals surface area contributed by atoms with E-state index in [0.717, 1.165) is 0 Å². The summed E-state index contributed by atoms with van der Waals surface area (Å²) in [5.74, 6) is 0.0812. The van der Waals surface area contributed by atoms with Gasteiger partial charge in [-0.15, -0.1) is 0 Å². The van der Waals surface area contributed by atoms with Crippen LogP contribution in [0.4, 0.5) is 11.4 Å². The number of para-hydroxylation sites is 1. The van der Waals surface area contributed by atoms with Crippen molar-refractivity contribution in [3.8, 4) is 5.75 Å². The van der Waals surface area contributed by atoms with Crippen molar-refractivity contribution in [2.24, 2.45) is 0 Å². The number of nitrogens with one attached hydrogen (secondary N) is 2. The first kappa shape index (κ1) is 19.4. The van der Waals surface area contributed by atoms with Crippen LogP contribution in [-0.4, -0.2) is 21.4 Å². The van der Waals surface area contributed by atoms with Crippen molar-refractivity contribution in [2.75, 3.05) is 17.1 Å². The zero-order valence-electron chi connectivity index (χ0n) is 15.3. The molecule has 0 aliphatic heterocycles. The Morgan fingerprint density at radius 2 is 1.54 bits per heavy atom. The van der Waals surface area contributed by atoms with Gasteiger partial charge in [-0.2, -0.15) is 0 Å². The third-order valence-electron chi connectivity index (χ3n) is 3.98. The molecule has 0 unspecified atom stereocenters. The van der Waals surface area contributed by atoms with E-state index in [0.29, 0.717) is 17.0 Å². The molecule has 0 spiro atoms. The van der Waals surface area contributed by atoms with Crippen LogP contribution in [0.25, 0.3) is 0 Å². The van der Waals surface area contributed by atoms with Crippen molar-refractivity contribution in [3.05, 3.63) is 90.0 Å². The average molecular weight is 396 g/mol. The predicted molar refractivity (Wildman–Crippen MR) is 110 cm³/mol. The van der Waals surface area contributed by atoms with E-state index in [1.807, 2.05) is 6.07 Å². The predicted octanol–water partition coefficient (Wildman–Crippen LogP) is 3.89. The van der Waals surface area contributed by atoms with Crippen LogP contribution in [0, 0.1) is 0 Å². The highest BCUT2D eigenvalue weighted by atomic mass is 32.2. The van der Waals surface area contributed by atoms with E-state index < -0.39 is 15.9 Å². The molecule has 0 aliphatic carbocycles. The van der Waals surface area contributed by atoms with E-state index in [1.165, 1.54) is 0 Å². The zero-order valence-corrected chi connectivity index (χ0v) is 16.1. The van der Waals surface area contributed by atoms with E-state index in [2.05, 4.69) is 10.0 Å². The number of carbonyl (C=O) groups excluding carboxylic acids is 1. The number of hydrogen-bond donors (Lipinski definition) is 2. The first-order valence-corrected chi connectivity index (χ1v) is 10.2. The fourth-order valence-electron chi connectivity index (χ4n) is 2.64. The maximum Gasteiger partial charge on any atom is 0.257 e. The van der Waals surface area contributed by atoms with Gasteiger partial charge in [0.05, 0.1) is 24.1 Å². The summed E-state index contributed by atoms with van der Waals surface area (Å²) in [6.07, 6.45) is 0. The Bertz CT molecular complexity index is 1050. The van der Waals surface area contributed by atoms with Crippen LogP contribution >= 0.6 is 0 Å². The zero-order chi connectivity index (χ0) is 20.0. The monoisotopic (exact) mass is 396 g/mol. The second-order valence-electron chi connectivity index (χ2n) is 6.07. The van der Waals surface area contributed by atoms with E-state index in [1.54, 1.807) is 79.9 Å². The van der Waals surface area contributed by atoms with Crippen LogP contribution in [-0.2, 0) is 15.8 Å². The highest BCUT2D eigenvalue weighted by molar-refractivity contribution is 7.91. The summed E-state index contributed by atoms with van der Waals surface area (Å²) in [4.78, 5) is 12.7. The Labute approximate surface area is 164 Å². The van der Waals surface area contributed by atoms with Crippen molar-refractivity contribution in [2.45, 2.75) is 5.75 Å². The lowest BCUT2D eigenvalue weighted by molar-refractivity contribution is 0.102. The minimum Gasteiger partial charge on any atom is -0.497 e. The van der Waals surface area contributed by atoms with Gasteiger partial charge in [0.15, 0.2) is 0 Å². The third kappa shape index (κ3) is 5.11. The molecule has 3 rings (SSSR count). The quantitative estimate of drug-likeness (QED) is 0.635. The normalized spacial score (nSPS) is 10.9. The Morgan fingerprint density at radius 1 is 0.893 bits per heavy atom. The molecular formula is C21H20N2O4S. The molecule has 0 saturated carbocycles. The molecule has 2 N–H and O–H groups in total. The van der Waals surface area contributed by atoms with Crippen LogP contribution < -0.4 is 14.8 Å². The fraction of sp³-hybridized carbons (Fsp3) is 0.0952. The Kier molecular flexibility index (Phi) is 5.96. The highest BCUT2D eigenvalue weighted by Crippen LogP contribution is 2.21. The summed E-state index contributed by atoms with van der Waals surface area (Å²) < 4.78 is 32.6. The van der Waals surface area contributed by atoms with Gasteiger partial charge in [-0.1, -0.05) is 42.5 Å². The molecule has 1 amide bonds. The number of amides is 1. The molecular weight excluding hydrogens is 376 g/mol. The van der Waals surface area contributed by atoms with Crippen molar-refractivity contribution in [1.29, 1.82) is 0 Å². The summed E-state index contributed by atoms with van der Waals surface area (Å²) in [6.45, 7) is 0. The summed E-state index contributed by atoms with van der Waals surface area (Å²) in [7, 11) is -2.11. The molecule has 3 aromatic rings. The smallest absolute Gasteiger partial charge is 0.257 e. The SMILES string of the molecule is COc1ccc(NC(=O)c2ccccc2NS(=O)(=O)Cc2ccccc2)cc1. The van der Waals surface area contributed by atoms with Gasteiger partial charge >= 0.3 is 0 Å². The van der Waals surface area contributed by atoms with Gasteiger partial charge in [0.2, 0.25) is 10.0 Å². The number of anilines is 2. The van der Waals surface area contributed by atoms with Crippen molar-refractivity contribution < 1.29 is 17.9 Å². The van der Waals surface area contributed by atoms with Crippen LogP contribution in [0.2, 0.25) is 0 Å². The van der Waals surface area contributed by atoms with Gasteiger partial charge < -0.3 is 10.1 Å². The molecule has 28 heavy (non-hydrogen) atoms. The third-order valence-corrected chi connectivity index (χ3v) is 5.23. The molecule has 144 valence electrons. The van der Waals surface area contributed by atoms with Crippen LogP contribution in [0.3, 0.4) is 0 Å². The maximum atomic E-state index is 12.7. The topological polar surface area (TPSA) is 84.5 Å². The second-order valence-corrected chi connectivity index (χ2v) is 7.80. The number of ether oxygens (including phenoxy) is 1. The standard InChI is InChI=1S/C21H20N2O4S/c1-27-18-13-11-17(12-14-18)22-21(24)19-9-5-6-10-20(19)23-28(25,26)15-16-7-3-2-4-8-16/h2-14,23H,15H2,1H3,(H,22,24). The number of rotatable bonds is 7. The van der Waals surface area contributed by atoms with Gasteiger partial charge in [0.1, 0.15) is 5.75 Å².